The van der Waals surface area contributed by atoms with Crippen molar-refractivity contribution in [2.24, 2.45) is 5.73 Å². The molecule has 0 radical (unpaired) electrons. The first-order chi connectivity index (χ1) is 4.34. The lowest BCUT2D eigenvalue weighted by atomic mass is 10.1. The Labute approximate surface area is 67.7 Å². The number of nitrogens with two attached hydrogens (primary N) is 1. The third-order valence-electron chi connectivity index (χ3n) is 1.78. The first-order valence-electron chi connectivity index (χ1n) is 3.33. The van der Waals surface area contributed by atoms with Gasteiger partial charge in [-0.1, -0.05) is 0 Å². The standard InChI is InChI=1S/C6H14N2O.ClH/c1-9-6-4-8-3-2-5(6)7;/h5-6,8H,2-4,7H2,1H3;1H. The molecular weight excluding hydrogens is 152 g/mol. The second-order valence-corrected chi connectivity index (χ2v) is 2.43. The number of ether oxygens (including phenoxy) is 1. The molecule has 3 N–H and O–H groups in total. The third kappa shape index (κ3) is 2.42. The summed E-state index contributed by atoms with van der Waals surface area (Å²) in [6, 6.07) is 0.233. The summed E-state index contributed by atoms with van der Waals surface area (Å²) in [5, 5.41) is 3.21. The SMILES string of the molecule is COC1CNCCC1N.Cl. The van der Waals surface area contributed by atoms with Crippen LogP contribution in [0.3, 0.4) is 0 Å². The fourth-order valence-electron chi connectivity index (χ4n) is 1.11. The summed E-state index contributed by atoms with van der Waals surface area (Å²) in [5.41, 5.74) is 5.72. The number of hydrogen-bond acceptors (Lipinski definition) is 3. The Bertz CT molecular complexity index is 91.8. The summed E-state index contributed by atoms with van der Waals surface area (Å²) < 4.78 is 5.12. The van der Waals surface area contributed by atoms with Crippen LogP contribution in [0.25, 0.3) is 0 Å². The molecule has 1 fully saturated rings. The van der Waals surface area contributed by atoms with Crippen LogP contribution in [0, 0.1) is 0 Å². The zero-order valence-electron chi connectivity index (χ0n) is 6.17. The number of hydrogen-bond donors (Lipinski definition) is 2. The maximum atomic E-state index is 5.72. The number of rotatable bonds is 1. The van der Waals surface area contributed by atoms with Gasteiger partial charge in [-0.25, -0.2) is 0 Å². The summed E-state index contributed by atoms with van der Waals surface area (Å²) in [4.78, 5) is 0. The predicted molar refractivity (Wildman–Crippen MR) is 43.5 cm³/mol. The van der Waals surface area contributed by atoms with Crippen LogP contribution in [-0.4, -0.2) is 32.3 Å². The predicted octanol–water partition coefficient (Wildman–Crippen LogP) is -0.256. The molecule has 62 valence electrons. The van der Waals surface area contributed by atoms with Crippen LogP contribution in [0.4, 0.5) is 0 Å². The van der Waals surface area contributed by atoms with Crippen LogP contribution in [0.15, 0.2) is 0 Å². The smallest absolute Gasteiger partial charge is 0.0846 e. The van der Waals surface area contributed by atoms with Gasteiger partial charge in [-0.3, -0.25) is 0 Å². The van der Waals surface area contributed by atoms with Gasteiger partial charge in [0.1, 0.15) is 0 Å². The van der Waals surface area contributed by atoms with E-state index in [1.54, 1.807) is 7.11 Å². The molecule has 1 rings (SSSR count). The highest BCUT2D eigenvalue weighted by Gasteiger charge is 2.19. The van der Waals surface area contributed by atoms with Crippen molar-refractivity contribution in [2.45, 2.75) is 18.6 Å². The highest BCUT2D eigenvalue weighted by atomic mass is 35.5. The van der Waals surface area contributed by atoms with E-state index in [1.165, 1.54) is 0 Å². The van der Waals surface area contributed by atoms with Gasteiger partial charge in [0, 0.05) is 19.7 Å². The Morgan fingerprint density at radius 1 is 1.60 bits per heavy atom. The molecule has 1 heterocycles. The molecule has 2 unspecified atom stereocenters. The molecule has 0 saturated carbocycles. The fraction of sp³-hybridized carbons (Fsp3) is 1.00. The van der Waals surface area contributed by atoms with E-state index in [-0.39, 0.29) is 24.6 Å². The first-order valence-corrected chi connectivity index (χ1v) is 3.33. The first kappa shape index (κ1) is 10.2. The van der Waals surface area contributed by atoms with E-state index < -0.39 is 0 Å². The average Bonchev–Trinajstić information content (AvgIpc) is 1.89. The molecule has 3 nitrogen and oxygen atoms in total. The molecule has 1 saturated heterocycles. The minimum Gasteiger partial charge on any atom is -0.379 e. The van der Waals surface area contributed by atoms with Crippen LogP contribution in [0.2, 0.25) is 0 Å². The largest absolute Gasteiger partial charge is 0.379 e. The summed E-state index contributed by atoms with van der Waals surface area (Å²) in [7, 11) is 1.71. The molecule has 0 aliphatic carbocycles. The molecule has 1 aliphatic heterocycles. The van der Waals surface area contributed by atoms with Gasteiger partial charge in [-0.05, 0) is 13.0 Å². The average molecular weight is 167 g/mol. The topological polar surface area (TPSA) is 47.3 Å². The molecular formula is C6H15ClN2O. The molecule has 1 aliphatic rings. The van der Waals surface area contributed by atoms with Gasteiger partial charge in [0.2, 0.25) is 0 Å². The Kier molecular flexibility index (Phi) is 4.99. The Morgan fingerprint density at radius 2 is 2.30 bits per heavy atom. The van der Waals surface area contributed by atoms with Gasteiger partial charge in [0.15, 0.2) is 0 Å². The van der Waals surface area contributed by atoms with Crippen molar-refractivity contribution >= 4 is 12.4 Å². The minimum absolute atomic E-state index is 0. The van der Waals surface area contributed by atoms with E-state index in [1.807, 2.05) is 0 Å². The number of halogens is 1. The van der Waals surface area contributed by atoms with E-state index in [9.17, 15) is 0 Å². The van der Waals surface area contributed by atoms with E-state index in [2.05, 4.69) is 5.32 Å². The van der Waals surface area contributed by atoms with Crippen LogP contribution in [0.5, 0.6) is 0 Å². The Hall–Kier alpha value is 0.170. The zero-order chi connectivity index (χ0) is 6.69. The number of piperidine rings is 1. The van der Waals surface area contributed by atoms with Gasteiger partial charge in [0.25, 0.3) is 0 Å². The summed E-state index contributed by atoms with van der Waals surface area (Å²) >= 11 is 0. The highest BCUT2D eigenvalue weighted by molar-refractivity contribution is 5.85. The molecule has 0 amide bonds. The molecule has 0 bridgehead atoms. The van der Waals surface area contributed by atoms with Crippen molar-refractivity contribution in [1.29, 1.82) is 0 Å². The van der Waals surface area contributed by atoms with Gasteiger partial charge in [-0.2, -0.15) is 0 Å². The number of nitrogens with one attached hydrogen (secondary N) is 1. The second-order valence-electron chi connectivity index (χ2n) is 2.43. The van der Waals surface area contributed by atoms with Crippen molar-refractivity contribution in [2.75, 3.05) is 20.2 Å². The summed E-state index contributed by atoms with van der Waals surface area (Å²) in [6.45, 7) is 1.93. The lowest BCUT2D eigenvalue weighted by Crippen LogP contribution is -2.49. The van der Waals surface area contributed by atoms with Gasteiger partial charge >= 0.3 is 0 Å². The maximum absolute atomic E-state index is 5.72. The molecule has 2 atom stereocenters. The summed E-state index contributed by atoms with van der Waals surface area (Å²) in [5.74, 6) is 0. The molecule has 0 aromatic heterocycles. The fourth-order valence-corrected chi connectivity index (χ4v) is 1.11. The van der Waals surface area contributed by atoms with Gasteiger partial charge < -0.3 is 15.8 Å². The third-order valence-corrected chi connectivity index (χ3v) is 1.78. The van der Waals surface area contributed by atoms with Crippen LogP contribution < -0.4 is 11.1 Å². The molecule has 4 heteroatoms. The normalized spacial score (nSPS) is 33.0. The lowest BCUT2D eigenvalue weighted by Gasteiger charge is -2.27. The maximum Gasteiger partial charge on any atom is 0.0846 e. The van der Waals surface area contributed by atoms with Crippen LogP contribution >= 0.6 is 12.4 Å². The van der Waals surface area contributed by atoms with Gasteiger partial charge in [-0.15, -0.1) is 12.4 Å². The van der Waals surface area contributed by atoms with Gasteiger partial charge in [0.05, 0.1) is 6.10 Å². The minimum atomic E-state index is 0. The van der Waals surface area contributed by atoms with Crippen molar-refractivity contribution in [3.05, 3.63) is 0 Å². The Morgan fingerprint density at radius 3 is 2.70 bits per heavy atom. The highest BCUT2D eigenvalue weighted by Crippen LogP contribution is 2.02. The molecule has 0 aromatic rings. The van der Waals surface area contributed by atoms with Crippen molar-refractivity contribution in [3.8, 4) is 0 Å². The van der Waals surface area contributed by atoms with E-state index in [4.69, 9.17) is 10.5 Å². The van der Waals surface area contributed by atoms with E-state index in [0.717, 1.165) is 19.5 Å². The summed E-state index contributed by atoms with van der Waals surface area (Å²) in [6.07, 6.45) is 1.25. The van der Waals surface area contributed by atoms with Crippen LogP contribution in [0.1, 0.15) is 6.42 Å². The van der Waals surface area contributed by atoms with E-state index >= 15 is 0 Å². The number of methoxy groups -OCH3 is 1. The van der Waals surface area contributed by atoms with E-state index in [0.29, 0.717) is 0 Å². The lowest BCUT2D eigenvalue weighted by molar-refractivity contribution is 0.0646. The quantitative estimate of drug-likeness (QED) is 0.565. The van der Waals surface area contributed by atoms with Crippen LogP contribution in [-0.2, 0) is 4.74 Å². The zero-order valence-corrected chi connectivity index (χ0v) is 6.99. The molecule has 10 heavy (non-hydrogen) atoms. The van der Waals surface area contributed by atoms with Crippen molar-refractivity contribution in [1.82, 2.24) is 5.32 Å². The monoisotopic (exact) mass is 166 g/mol. The molecule has 0 aromatic carbocycles. The molecule has 0 spiro atoms. The van der Waals surface area contributed by atoms with Crippen molar-refractivity contribution in [3.63, 3.8) is 0 Å². The van der Waals surface area contributed by atoms with Crippen molar-refractivity contribution < 1.29 is 4.74 Å². The Balaban J connectivity index is 0.000000810. The second kappa shape index (κ2) is 4.91.